The lowest BCUT2D eigenvalue weighted by atomic mass is 10.2. The van der Waals surface area contributed by atoms with E-state index in [1.165, 1.54) is 10.6 Å². The third-order valence-corrected chi connectivity index (χ3v) is 3.08. The van der Waals surface area contributed by atoms with E-state index in [-0.39, 0.29) is 11.5 Å². The number of hydrogen-bond donors (Lipinski definition) is 1. The highest BCUT2D eigenvalue weighted by molar-refractivity contribution is 5.93. The van der Waals surface area contributed by atoms with Crippen molar-refractivity contribution in [1.82, 2.24) is 4.57 Å². The predicted octanol–water partition coefficient (Wildman–Crippen LogP) is 2.45. The van der Waals surface area contributed by atoms with Crippen LogP contribution in [0.25, 0.3) is 0 Å². The Balaban J connectivity index is 2.07. The third-order valence-electron chi connectivity index (χ3n) is 3.08. The van der Waals surface area contributed by atoms with Crippen molar-refractivity contribution in [2.45, 2.75) is 19.9 Å². The molecule has 1 heterocycles. The zero-order valence-corrected chi connectivity index (χ0v) is 12.1. The molecule has 5 nitrogen and oxygen atoms in total. The van der Waals surface area contributed by atoms with Gasteiger partial charge < -0.3 is 14.6 Å². The van der Waals surface area contributed by atoms with Crippen LogP contribution in [0, 0.1) is 0 Å². The minimum atomic E-state index is -0.578. The van der Waals surface area contributed by atoms with Crippen LogP contribution in [0.2, 0.25) is 0 Å². The van der Waals surface area contributed by atoms with Gasteiger partial charge in [0.2, 0.25) is 5.91 Å². The summed E-state index contributed by atoms with van der Waals surface area (Å²) in [7, 11) is 0. The number of amides is 1. The first-order valence-corrected chi connectivity index (χ1v) is 6.82. The van der Waals surface area contributed by atoms with Crippen LogP contribution >= 0.6 is 0 Å². The molecular formula is C16H18N2O3. The molecule has 5 heteroatoms. The number of anilines is 1. The minimum Gasteiger partial charge on any atom is -0.494 e. The average Bonchev–Trinajstić information content (AvgIpc) is 2.49. The summed E-state index contributed by atoms with van der Waals surface area (Å²) in [6.45, 7) is 4.19. The third kappa shape index (κ3) is 3.72. The fourth-order valence-corrected chi connectivity index (χ4v) is 1.93. The lowest BCUT2D eigenvalue weighted by molar-refractivity contribution is -0.118. The zero-order valence-electron chi connectivity index (χ0n) is 12.1. The molecule has 1 aromatic carbocycles. The Morgan fingerprint density at radius 3 is 2.57 bits per heavy atom. The second-order valence-electron chi connectivity index (χ2n) is 4.57. The highest BCUT2D eigenvalue weighted by atomic mass is 16.5. The molecular weight excluding hydrogens is 268 g/mol. The molecule has 1 unspecified atom stereocenters. The van der Waals surface area contributed by atoms with Crippen LogP contribution in [-0.2, 0) is 4.79 Å². The molecule has 2 rings (SSSR count). The quantitative estimate of drug-likeness (QED) is 0.918. The number of ether oxygens (including phenoxy) is 1. The van der Waals surface area contributed by atoms with Gasteiger partial charge in [0.1, 0.15) is 11.8 Å². The molecule has 110 valence electrons. The van der Waals surface area contributed by atoms with Crippen molar-refractivity contribution in [3.05, 3.63) is 59.0 Å². The van der Waals surface area contributed by atoms with Crippen LogP contribution in [0.5, 0.6) is 5.75 Å². The summed E-state index contributed by atoms with van der Waals surface area (Å²) in [6, 6.07) is 11.3. The van der Waals surface area contributed by atoms with Gasteiger partial charge in [-0.15, -0.1) is 0 Å². The number of nitrogens with one attached hydrogen (secondary N) is 1. The van der Waals surface area contributed by atoms with Gasteiger partial charge in [-0.3, -0.25) is 9.59 Å². The Morgan fingerprint density at radius 1 is 1.24 bits per heavy atom. The first kappa shape index (κ1) is 14.8. The average molecular weight is 286 g/mol. The van der Waals surface area contributed by atoms with Gasteiger partial charge in [0.25, 0.3) is 5.56 Å². The molecule has 0 aliphatic carbocycles. The van der Waals surface area contributed by atoms with Crippen LogP contribution in [-0.4, -0.2) is 17.1 Å². The summed E-state index contributed by atoms with van der Waals surface area (Å²) in [5.41, 5.74) is 0.464. The van der Waals surface area contributed by atoms with Crippen LogP contribution < -0.4 is 15.6 Å². The molecule has 2 aromatic rings. The number of aromatic nitrogens is 1. The number of carbonyl (C=O) groups is 1. The first-order valence-electron chi connectivity index (χ1n) is 6.82. The molecule has 0 aliphatic rings. The highest BCUT2D eigenvalue weighted by Gasteiger charge is 2.15. The van der Waals surface area contributed by atoms with E-state index < -0.39 is 6.04 Å². The molecule has 0 bridgehead atoms. The van der Waals surface area contributed by atoms with Crippen LogP contribution in [0.1, 0.15) is 19.9 Å². The van der Waals surface area contributed by atoms with E-state index in [0.717, 1.165) is 5.75 Å². The Kier molecular flexibility index (Phi) is 4.77. The molecule has 0 saturated carbocycles. The van der Waals surface area contributed by atoms with Crippen molar-refractivity contribution in [3.8, 4) is 5.75 Å². The van der Waals surface area contributed by atoms with Gasteiger partial charge in [-0.1, -0.05) is 6.07 Å². The van der Waals surface area contributed by atoms with Crippen molar-refractivity contribution in [2.24, 2.45) is 0 Å². The predicted molar refractivity (Wildman–Crippen MR) is 81.7 cm³/mol. The van der Waals surface area contributed by atoms with E-state index >= 15 is 0 Å². The van der Waals surface area contributed by atoms with E-state index in [1.807, 2.05) is 6.92 Å². The maximum atomic E-state index is 12.2. The number of pyridine rings is 1. The monoisotopic (exact) mass is 286 g/mol. The summed E-state index contributed by atoms with van der Waals surface area (Å²) in [6.07, 6.45) is 1.60. The molecule has 1 aromatic heterocycles. The Bertz CT molecular complexity index is 662. The van der Waals surface area contributed by atoms with Crippen LogP contribution in [0.3, 0.4) is 0 Å². The summed E-state index contributed by atoms with van der Waals surface area (Å²) in [5.74, 6) is 0.510. The van der Waals surface area contributed by atoms with Gasteiger partial charge in [0, 0.05) is 18.0 Å². The largest absolute Gasteiger partial charge is 0.494 e. The summed E-state index contributed by atoms with van der Waals surface area (Å²) in [5, 5.41) is 2.78. The summed E-state index contributed by atoms with van der Waals surface area (Å²) < 4.78 is 6.73. The van der Waals surface area contributed by atoms with Crippen LogP contribution in [0.4, 0.5) is 5.69 Å². The van der Waals surface area contributed by atoms with E-state index in [4.69, 9.17) is 4.74 Å². The molecule has 21 heavy (non-hydrogen) atoms. The molecule has 1 N–H and O–H groups in total. The van der Waals surface area contributed by atoms with Gasteiger partial charge in [0.15, 0.2) is 0 Å². The van der Waals surface area contributed by atoms with Crippen molar-refractivity contribution >= 4 is 11.6 Å². The van der Waals surface area contributed by atoms with E-state index in [2.05, 4.69) is 5.32 Å². The van der Waals surface area contributed by atoms with Crippen molar-refractivity contribution < 1.29 is 9.53 Å². The number of nitrogens with zero attached hydrogens (tertiary/aromatic N) is 1. The number of carbonyl (C=O) groups excluding carboxylic acids is 1. The maximum absolute atomic E-state index is 12.2. The lowest BCUT2D eigenvalue weighted by Gasteiger charge is -2.15. The number of rotatable bonds is 5. The van der Waals surface area contributed by atoms with Crippen LogP contribution in [0.15, 0.2) is 53.5 Å². The second-order valence-corrected chi connectivity index (χ2v) is 4.57. The first-order chi connectivity index (χ1) is 10.1. The lowest BCUT2D eigenvalue weighted by Crippen LogP contribution is -2.30. The fraction of sp³-hybridized carbons (Fsp3) is 0.250. The van der Waals surface area contributed by atoms with E-state index in [9.17, 15) is 9.59 Å². The van der Waals surface area contributed by atoms with Crippen molar-refractivity contribution in [3.63, 3.8) is 0 Å². The second kappa shape index (κ2) is 6.74. The highest BCUT2D eigenvalue weighted by Crippen LogP contribution is 2.16. The van der Waals surface area contributed by atoms with Crippen molar-refractivity contribution in [2.75, 3.05) is 11.9 Å². The molecule has 0 fully saturated rings. The van der Waals surface area contributed by atoms with E-state index in [0.29, 0.717) is 12.3 Å². The maximum Gasteiger partial charge on any atom is 0.251 e. The molecule has 0 radical (unpaired) electrons. The minimum absolute atomic E-state index is 0.202. The SMILES string of the molecule is CCOc1ccc(NC(=O)C(C)n2ccccc2=O)cc1. The molecule has 1 amide bonds. The van der Waals surface area contributed by atoms with Gasteiger partial charge >= 0.3 is 0 Å². The van der Waals surface area contributed by atoms with Gasteiger partial charge in [0.05, 0.1) is 6.61 Å². The van der Waals surface area contributed by atoms with Gasteiger partial charge in [-0.2, -0.15) is 0 Å². The normalized spacial score (nSPS) is 11.7. The van der Waals surface area contributed by atoms with E-state index in [1.54, 1.807) is 49.5 Å². The summed E-state index contributed by atoms with van der Waals surface area (Å²) >= 11 is 0. The smallest absolute Gasteiger partial charge is 0.251 e. The molecule has 1 atom stereocenters. The number of benzene rings is 1. The Labute approximate surface area is 123 Å². The van der Waals surface area contributed by atoms with Crippen molar-refractivity contribution in [1.29, 1.82) is 0 Å². The standard InChI is InChI=1S/C16H18N2O3/c1-3-21-14-9-7-13(8-10-14)17-16(20)12(2)18-11-5-4-6-15(18)19/h4-12H,3H2,1-2H3,(H,17,20). The molecule has 0 saturated heterocycles. The Morgan fingerprint density at radius 2 is 1.95 bits per heavy atom. The summed E-state index contributed by atoms with van der Waals surface area (Å²) in [4.78, 5) is 23.9. The zero-order chi connectivity index (χ0) is 15.2. The Hall–Kier alpha value is -2.56. The van der Waals surface area contributed by atoms with Gasteiger partial charge in [-0.05, 0) is 44.2 Å². The molecule has 0 spiro atoms. The number of hydrogen-bond acceptors (Lipinski definition) is 3. The fourth-order valence-electron chi connectivity index (χ4n) is 1.93. The topological polar surface area (TPSA) is 60.3 Å². The molecule has 0 aliphatic heterocycles. The van der Waals surface area contributed by atoms with Gasteiger partial charge in [-0.25, -0.2) is 0 Å².